The summed E-state index contributed by atoms with van der Waals surface area (Å²) in [7, 11) is 0. The summed E-state index contributed by atoms with van der Waals surface area (Å²) >= 11 is 0. The van der Waals surface area contributed by atoms with Gasteiger partial charge in [0.2, 0.25) is 11.9 Å². The Hall–Kier alpha value is -1.65. The Morgan fingerprint density at radius 2 is 2.00 bits per heavy atom. The maximum absolute atomic E-state index is 12.7. The molecular formula is C19H26N4O. The highest BCUT2D eigenvalue weighted by atomic mass is 16.2. The molecule has 0 radical (unpaired) electrons. The molecule has 1 aromatic heterocycles. The third kappa shape index (κ3) is 2.24. The summed E-state index contributed by atoms with van der Waals surface area (Å²) in [4.78, 5) is 26.7. The van der Waals surface area contributed by atoms with Crippen LogP contribution in [0.25, 0.3) is 0 Å². The topological polar surface area (TPSA) is 49.3 Å². The van der Waals surface area contributed by atoms with Crippen LogP contribution in [0.1, 0.15) is 49.8 Å². The molecule has 3 heterocycles. The lowest BCUT2D eigenvalue weighted by atomic mass is 9.75. The van der Waals surface area contributed by atoms with E-state index in [1.54, 1.807) is 0 Å². The molecule has 0 bridgehead atoms. The molecule has 2 saturated heterocycles. The minimum Gasteiger partial charge on any atom is -0.341 e. The Labute approximate surface area is 143 Å². The summed E-state index contributed by atoms with van der Waals surface area (Å²) in [5.41, 5.74) is 2.55. The second-order valence-electron chi connectivity index (χ2n) is 8.36. The molecule has 4 aliphatic rings. The molecule has 24 heavy (non-hydrogen) atoms. The molecule has 3 fully saturated rings. The lowest BCUT2D eigenvalue weighted by Gasteiger charge is -2.34. The van der Waals surface area contributed by atoms with Crippen molar-refractivity contribution in [3.63, 3.8) is 0 Å². The van der Waals surface area contributed by atoms with Crippen molar-refractivity contribution in [3.8, 4) is 0 Å². The first-order chi connectivity index (χ1) is 11.7. The molecule has 2 unspecified atom stereocenters. The Bertz CT molecular complexity index is 663. The van der Waals surface area contributed by atoms with Crippen molar-refractivity contribution < 1.29 is 4.79 Å². The number of carbonyl (C=O) groups is 1. The van der Waals surface area contributed by atoms with Gasteiger partial charge in [-0.25, -0.2) is 9.97 Å². The van der Waals surface area contributed by atoms with Gasteiger partial charge in [0.25, 0.3) is 0 Å². The van der Waals surface area contributed by atoms with Crippen LogP contribution in [0.3, 0.4) is 0 Å². The highest BCUT2D eigenvalue weighted by Gasteiger charge is 2.45. The molecule has 2 aliphatic carbocycles. The second kappa shape index (κ2) is 5.43. The number of fused-ring (bicyclic) bond motifs is 3. The van der Waals surface area contributed by atoms with E-state index in [-0.39, 0.29) is 0 Å². The number of likely N-dealkylation sites (tertiary alicyclic amines) is 1. The summed E-state index contributed by atoms with van der Waals surface area (Å²) in [6.07, 6.45) is 7.76. The molecule has 1 aromatic rings. The largest absolute Gasteiger partial charge is 0.341 e. The summed E-state index contributed by atoms with van der Waals surface area (Å²) < 4.78 is 0. The molecule has 5 heteroatoms. The van der Waals surface area contributed by atoms with E-state index in [0.29, 0.717) is 23.7 Å². The van der Waals surface area contributed by atoms with Gasteiger partial charge in [0.15, 0.2) is 0 Å². The van der Waals surface area contributed by atoms with Crippen LogP contribution in [0.4, 0.5) is 5.95 Å². The zero-order chi connectivity index (χ0) is 16.3. The van der Waals surface area contributed by atoms with Crippen LogP contribution in [0.15, 0.2) is 6.20 Å². The Balaban J connectivity index is 1.33. The summed E-state index contributed by atoms with van der Waals surface area (Å²) in [5.74, 6) is 3.33. The maximum Gasteiger partial charge on any atom is 0.225 e. The Morgan fingerprint density at radius 3 is 2.75 bits per heavy atom. The fourth-order valence-electron chi connectivity index (χ4n) is 5.17. The summed E-state index contributed by atoms with van der Waals surface area (Å²) in [5, 5.41) is 0. The van der Waals surface area contributed by atoms with Gasteiger partial charge >= 0.3 is 0 Å². The zero-order valence-electron chi connectivity index (χ0n) is 14.4. The Morgan fingerprint density at radius 1 is 1.21 bits per heavy atom. The fraction of sp³-hybridized carbons (Fsp3) is 0.737. The van der Waals surface area contributed by atoms with Crippen molar-refractivity contribution in [2.45, 2.75) is 44.9 Å². The van der Waals surface area contributed by atoms with E-state index < -0.39 is 0 Å². The van der Waals surface area contributed by atoms with Crippen LogP contribution in [0, 0.1) is 17.8 Å². The van der Waals surface area contributed by atoms with Crippen molar-refractivity contribution in [1.29, 1.82) is 0 Å². The molecule has 2 aliphatic heterocycles. The van der Waals surface area contributed by atoms with Crippen molar-refractivity contribution in [1.82, 2.24) is 14.9 Å². The molecule has 0 spiro atoms. The van der Waals surface area contributed by atoms with Crippen LogP contribution < -0.4 is 4.90 Å². The molecule has 1 amide bonds. The highest BCUT2D eigenvalue weighted by Crippen LogP contribution is 2.44. The third-order valence-corrected chi connectivity index (χ3v) is 6.58. The number of amides is 1. The number of nitrogens with zero attached hydrogens (tertiary/aromatic N) is 4. The highest BCUT2D eigenvalue weighted by molar-refractivity contribution is 5.80. The first kappa shape index (κ1) is 14.7. The second-order valence-corrected chi connectivity index (χ2v) is 8.36. The standard InChI is InChI=1S/C19H26N4O/c1-12-6-13(7-12)18(24)23-10-15-8-14-9-20-19(22-4-2-3-5-22)21-17(14)16(15)11-23/h9,12-13,15-16H,2-8,10-11H2,1H3. The molecular weight excluding hydrogens is 300 g/mol. The molecule has 0 N–H and O–H groups in total. The van der Waals surface area contributed by atoms with E-state index in [0.717, 1.165) is 57.3 Å². The van der Waals surface area contributed by atoms with Gasteiger partial charge in [-0.2, -0.15) is 0 Å². The molecule has 5 nitrogen and oxygen atoms in total. The molecule has 1 saturated carbocycles. The maximum atomic E-state index is 12.7. The molecule has 5 rings (SSSR count). The average Bonchev–Trinajstić information content (AvgIpc) is 3.25. The van der Waals surface area contributed by atoms with Crippen LogP contribution in [0.5, 0.6) is 0 Å². The van der Waals surface area contributed by atoms with Gasteiger partial charge in [-0.15, -0.1) is 0 Å². The normalized spacial score (nSPS) is 34.2. The van der Waals surface area contributed by atoms with E-state index in [1.807, 2.05) is 6.20 Å². The van der Waals surface area contributed by atoms with Crippen LogP contribution in [-0.2, 0) is 11.2 Å². The number of hydrogen-bond donors (Lipinski definition) is 0. The molecule has 0 aromatic carbocycles. The predicted molar refractivity (Wildman–Crippen MR) is 91.9 cm³/mol. The minimum absolute atomic E-state index is 0.295. The van der Waals surface area contributed by atoms with Crippen molar-refractivity contribution in [2.24, 2.45) is 17.8 Å². The van der Waals surface area contributed by atoms with Gasteiger partial charge in [-0.1, -0.05) is 6.92 Å². The monoisotopic (exact) mass is 326 g/mol. The van der Waals surface area contributed by atoms with E-state index in [4.69, 9.17) is 4.98 Å². The third-order valence-electron chi connectivity index (χ3n) is 6.58. The van der Waals surface area contributed by atoms with Gasteiger partial charge in [-0.3, -0.25) is 4.79 Å². The average molecular weight is 326 g/mol. The quantitative estimate of drug-likeness (QED) is 0.836. The van der Waals surface area contributed by atoms with Crippen molar-refractivity contribution in [3.05, 3.63) is 17.5 Å². The van der Waals surface area contributed by atoms with Gasteiger partial charge in [0.05, 0.1) is 5.69 Å². The van der Waals surface area contributed by atoms with Crippen LogP contribution in [0.2, 0.25) is 0 Å². The number of anilines is 1. The van der Waals surface area contributed by atoms with E-state index in [2.05, 4.69) is 21.7 Å². The van der Waals surface area contributed by atoms with Gasteiger partial charge in [-0.05, 0) is 49.5 Å². The first-order valence-corrected chi connectivity index (χ1v) is 9.58. The van der Waals surface area contributed by atoms with E-state index in [9.17, 15) is 4.79 Å². The van der Waals surface area contributed by atoms with E-state index in [1.165, 1.54) is 24.1 Å². The fourth-order valence-corrected chi connectivity index (χ4v) is 5.17. The number of carbonyl (C=O) groups excluding carboxylic acids is 1. The van der Waals surface area contributed by atoms with Crippen molar-refractivity contribution >= 4 is 11.9 Å². The smallest absolute Gasteiger partial charge is 0.225 e. The van der Waals surface area contributed by atoms with Gasteiger partial charge in [0, 0.05) is 44.2 Å². The first-order valence-electron chi connectivity index (χ1n) is 9.58. The summed E-state index contributed by atoms with van der Waals surface area (Å²) in [6.45, 7) is 6.20. The SMILES string of the molecule is CC1CC(C(=O)N2CC3Cc4cnc(N5CCCC5)nc4C3C2)C1. The minimum atomic E-state index is 0.295. The van der Waals surface area contributed by atoms with Crippen molar-refractivity contribution in [2.75, 3.05) is 31.1 Å². The molecule has 128 valence electrons. The zero-order valence-corrected chi connectivity index (χ0v) is 14.4. The molecule has 2 atom stereocenters. The van der Waals surface area contributed by atoms with Crippen LogP contribution in [-0.4, -0.2) is 47.0 Å². The Kier molecular flexibility index (Phi) is 3.32. The van der Waals surface area contributed by atoms with E-state index >= 15 is 0 Å². The lowest BCUT2D eigenvalue weighted by Crippen LogP contribution is -2.40. The lowest BCUT2D eigenvalue weighted by molar-refractivity contribution is -0.138. The number of hydrogen-bond acceptors (Lipinski definition) is 4. The van der Waals surface area contributed by atoms with Gasteiger partial charge in [0.1, 0.15) is 0 Å². The summed E-state index contributed by atoms with van der Waals surface area (Å²) in [6, 6.07) is 0. The number of aromatic nitrogens is 2. The van der Waals surface area contributed by atoms with Gasteiger partial charge < -0.3 is 9.80 Å². The predicted octanol–water partition coefficient (Wildman–Crippen LogP) is 2.22. The van der Waals surface area contributed by atoms with Crippen LogP contribution >= 0.6 is 0 Å². The number of rotatable bonds is 2.